The zero-order valence-electron chi connectivity index (χ0n) is 25.3. The lowest BCUT2D eigenvalue weighted by atomic mass is 9.84. The van der Waals surface area contributed by atoms with Crippen molar-refractivity contribution >= 4 is 76.6 Å². The van der Waals surface area contributed by atoms with Gasteiger partial charge in [0.05, 0.1) is 0 Å². The van der Waals surface area contributed by atoms with Crippen LogP contribution in [0.2, 0.25) is 0 Å². The zero-order chi connectivity index (χ0) is 30.8. The molecule has 218 valence electrons. The van der Waals surface area contributed by atoms with Gasteiger partial charge in [-0.3, -0.25) is 0 Å². The second-order valence-corrected chi connectivity index (χ2v) is 12.2. The maximum atomic E-state index is 6.37. The monoisotopic (exact) mass is 590 g/mol. The third-order valence-electron chi connectivity index (χ3n) is 9.45. The van der Waals surface area contributed by atoms with E-state index in [0.29, 0.717) is 0 Å². The number of fused-ring (bicyclic) bond motifs is 8. The third kappa shape index (κ3) is 4.11. The van der Waals surface area contributed by atoms with E-state index in [-0.39, 0.29) is 0 Å². The van der Waals surface area contributed by atoms with Crippen LogP contribution in [-0.4, -0.2) is 0 Å². The molecule has 0 bridgehead atoms. The van der Waals surface area contributed by atoms with Crippen molar-refractivity contribution in [3.63, 3.8) is 0 Å². The summed E-state index contributed by atoms with van der Waals surface area (Å²) in [5, 5.41) is 9.28. The summed E-state index contributed by atoms with van der Waals surface area (Å²) in [6.07, 6.45) is 1.70. The maximum Gasteiger partial charge on any atom is 0.139 e. The predicted molar refractivity (Wildman–Crippen MR) is 195 cm³/mol. The molecule has 0 saturated carbocycles. The molecule has 0 aliphatic heterocycles. The number of rotatable bonds is 6. The van der Waals surface area contributed by atoms with Crippen molar-refractivity contribution in [3.05, 3.63) is 158 Å². The molecule has 2 nitrogen and oxygen atoms in total. The first-order valence-corrected chi connectivity index (χ1v) is 15.8. The van der Waals surface area contributed by atoms with Gasteiger partial charge < -0.3 is 8.83 Å². The van der Waals surface area contributed by atoms with E-state index in [1.807, 2.05) is 24.3 Å². The van der Waals surface area contributed by atoms with Gasteiger partial charge in [0.1, 0.15) is 22.3 Å². The topological polar surface area (TPSA) is 26.3 Å². The second-order valence-electron chi connectivity index (χ2n) is 12.2. The summed E-state index contributed by atoms with van der Waals surface area (Å²) in [6.45, 7) is 9.03. The molecule has 0 aliphatic carbocycles. The van der Waals surface area contributed by atoms with E-state index in [2.05, 4.69) is 122 Å². The van der Waals surface area contributed by atoms with Gasteiger partial charge in [-0.05, 0) is 92.1 Å². The normalized spacial score (nSPS) is 11.8. The summed E-state index contributed by atoms with van der Waals surface area (Å²) >= 11 is 0. The highest BCUT2D eigenvalue weighted by atomic mass is 16.3. The minimum atomic E-state index is 0.831. The molecule has 0 fully saturated rings. The fraction of sp³-hybridized carbons (Fsp3) is 0.0455. The number of para-hydroxylation sites is 1. The van der Waals surface area contributed by atoms with Crippen molar-refractivity contribution in [1.29, 1.82) is 0 Å². The van der Waals surface area contributed by atoms with E-state index < -0.39 is 0 Å². The van der Waals surface area contributed by atoms with Crippen LogP contribution in [0.3, 0.4) is 0 Å². The van der Waals surface area contributed by atoms with Crippen LogP contribution in [0.4, 0.5) is 0 Å². The van der Waals surface area contributed by atoms with Crippen LogP contribution in [0, 0.1) is 0 Å². The largest absolute Gasteiger partial charge is 0.456 e. The molecule has 9 rings (SSSR count). The highest BCUT2D eigenvalue weighted by molar-refractivity contribution is 6.20. The van der Waals surface area contributed by atoms with Gasteiger partial charge in [-0.1, -0.05) is 116 Å². The summed E-state index contributed by atoms with van der Waals surface area (Å²) < 4.78 is 12.5. The van der Waals surface area contributed by atoms with Crippen LogP contribution in [0.25, 0.3) is 87.7 Å². The Morgan fingerprint density at radius 3 is 1.63 bits per heavy atom. The lowest BCUT2D eigenvalue weighted by Crippen LogP contribution is -1.94. The lowest BCUT2D eigenvalue weighted by Gasteiger charge is -2.19. The van der Waals surface area contributed by atoms with Crippen molar-refractivity contribution in [1.82, 2.24) is 0 Å². The lowest BCUT2D eigenvalue weighted by molar-refractivity contribution is 0.656. The van der Waals surface area contributed by atoms with Gasteiger partial charge >= 0.3 is 0 Å². The molecule has 2 heterocycles. The molecule has 2 heteroatoms. The van der Waals surface area contributed by atoms with E-state index in [1.54, 1.807) is 0 Å². The zero-order valence-corrected chi connectivity index (χ0v) is 25.3. The molecule has 2 aromatic heterocycles. The Hall–Kier alpha value is -5.86. The van der Waals surface area contributed by atoms with Gasteiger partial charge in [0.25, 0.3) is 0 Å². The van der Waals surface area contributed by atoms with Crippen molar-refractivity contribution in [2.45, 2.75) is 12.8 Å². The van der Waals surface area contributed by atoms with Crippen molar-refractivity contribution in [2.75, 3.05) is 0 Å². The SMILES string of the molecule is C=C(CCC(=C)c1c2ccccc2c(-c2ccc3oc4cc5oc6ccccc6c5cc4c3c2)c2ccccc12)c1ccccc1. The van der Waals surface area contributed by atoms with E-state index in [0.717, 1.165) is 73.4 Å². The minimum Gasteiger partial charge on any atom is -0.456 e. The molecule has 9 aromatic rings. The number of benzene rings is 7. The summed E-state index contributed by atoms with van der Waals surface area (Å²) in [7, 11) is 0. The molecule has 7 aromatic carbocycles. The number of hydrogen-bond acceptors (Lipinski definition) is 2. The van der Waals surface area contributed by atoms with Gasteiger partial charge in [0.15, 0.2) is 0 Å². The van der Waals surface area contributed by atoms with Crippen LogP contribution in [-0.2, 0) is 0 Å². The fourth-order valence-corrected chi connectivity index (χ4v) is 7.22. The Morgan fingerprint density at radius 2 is 0.935 bits per heavy atom. The Balaban J connectivity index is 1.21. The van der Waals surface area contributed by atoms with Crippen molar-refractivity contribution in [2.24, 2.45) is 0 Å². The van der Waals surface area contributed by atoms with Gasteiger partial charge in [-0.15, -0.1) is 0 Å². The molecule has 0 radical (unpaired) electrons. The number of hydrogen-bond donors (Lipinski definition) is 0. The van der Waals surface area contributed by atoms with E-state index >= 15 is 0 Å². The summed E-state index contributed by atoms with van der Waals surface area (Å²) in [5.41, 5.74) is 10.5. The molecule has 0 N–H and O–H groups in total. The van der Waals surface area contributed by atoms with E-state index in [9.17, 15) is 0 Å². The predicted octanol–water partition coefficient (Wildman–Crippen LogP) is 13.0. The second kappa shape index (κ2) is 10.4. The molecule has 0 saturated heterocycles. The first-order valence-electron chi connectivity index (χ1n) is 15.8. The summed E-state index contributed by atoms with van der Waals surface area (Å²) in [4.78, 5) is 0. The Bertz CT molecular complexity index is 2610. The number of allylic oxidation sites excluding steroid dienone is 2. The number of furan rings is 2. The van der Waals surface area contributed by atoms with Crippen molar-refractivity contribution in [3.8, 4) is 11.1 Å². The molecule has 0 unspecified atom stereocenters. The Morgan fingerprint density at radius 1 is 0.413 bits per heavy atom. The first-order chi connectivity index (χ1) is 22.6. The van der Waals surface area contributed by atoms with Crippen LogP contribution in [0.5, 0.6) is 0 Å². The minimum absolute atomic E-state index is 0.831. The highest BCUT2D eigenvalue weighted by Gasteiger charge is 2.19. The molecule has 0 aliphatic rings. The molecule has 0 spiro atoms. The van der Waals surface area contributed by atoms with Crippen molar-refractivity contribution < 1.29 is 8.83 Å². The van der Waals surface area contributed by atoms with Crippen LogP contribution < -0.4 is 0 Å². The highest BCUT2D eigenvalue weighted by Crippen LogP contribution is 2.44. The van der Waals surface area contributed by atoms with Crippen LogP contribution >= 0.6 is 0 Å². The first kappa shape index (κ1) is 26.5. The fourth-order valence-electron chi connectivity index (χ4n) is 7.22. The third-order valence-corrected chi connectivity index (χ3v) is 9.45. The Labute approximate surface area is 266 Å². The molecule has 0 amide bonds. The summed E-state index contributed by atoms with van der Waals surface area (Å²) in [5.74, 6) is 0. The average molecular weight is 591 g/mol. The summed E-state index contributed by atoms with van der Waals surface area (Å²) in [6, 6.07) is 47.0. The molecule has 0 atom stereocenters. The van der Waals surface area contributed by atoms with E-state index in [4.69, 9.17) is 8.83 Å². The maximum absolute atomic E-state index is 6.37. The van der Waals surface area contributed by atoms with Gasteiger partial charge in [0, 0.05) is 27.6 Å². The van der Waals surface area contributed by atoms with Gasteiger partial charge in [0.2, 0.25) is 0 Å². The Kier molecular flexibility index (Phi) is 5.97. The van der Waals surface area contributed by atoms with Gasteiger partial charge in [-0.2, -0.15) is 0 Å². The average Bonchev–Trinajstić information content (AvgIpc) is 3.65. The standard InChI is InChI=1S/C44H30O2/c1-27(29-12-4-3-5-13-29)20-21-28(2)43-32-15-6-8-17-34(32)44(35-18-9-7-16-33(35)43)30-22-23-40-36(24-30)38-25-37-31-14-10-11-19-39(31)45-41(37)26-42(38)46-40/h3-19,22-26H,1-2,20-21H2. The smallest absolute Gasteiger partial charge is 0.139 e. The quantitative estimate of drug-likeness (QED) is 0.180. The van der Waals surface area contributed by atoms with E-state index in [1.165, 1.54) is 38.2 Å². The molecular formula is C44H30O2. The van der Waals surface area contributed by atoms with Gasteiger partial charge in [-0.25, -0.2) is 0 Å². The molecule has 46 heavy (non-hydrogen) atoms. The van der Waals surface area contributed by atoms with Crippen LogP contribution in [0.1, 0.15) is 24.0 Å². The molecular weight excluding hydrogens is 560 g/mol. The van der Waals surface area contributed by atoms with Crippen LogP contribution in [0.15, 0.2) is 155 Å².